The lowest BCUT2D eigenvalue weighted by Gasteiger charge is -2.09. The van der Waals surface area contributed by atoms with Gasteiger partial charge in [-0.05, 0) is 42.2 Å². The number of nitrogen functional groups attached to an aromatic ring is 1. The van der Waals surface area contributed by atoms with Crippen LogP contribution >= 0.6 is 0 Å². The maximum absolute atomic E-state index is 12.6. The number of hydrogen-bond acceptors (Lipinski definition) is 2. The van der Waals surface area contributed by atoms with Gasteiger partial charge in [0, 0.05) is 16.8 Å². The summed E-state index contributed by atoms with van der Waals surface area (Å²) in [4.78, 5) is 12.6. The van der Waals surface area contributed by atoms with E-state index in [2.05, 4.69) is 26.0 Å². The van der Waals surface area contributed by atoms with Crippen molar-refractivity contribution in [3.8, 4) is 0 Å². The summed E-state index contributed by atoms with van der Waals surface area (Å²) in [6, 6.07) is 13.3. The summed E-state index contributed by atoms with van der Waals surface area (Å²) in [5, 5.41) is 0. The fourth-order valence-corrected chi connectivity index (χ4v) is 2.20. The van der Waals surface area contributed by atoms with Gasteiger partial charge in [0.25, 0.3) is 0 Å². The van der Waals surface area contributed by atoms with Gasteiger partial charge in [-0.2, -0.15) is 0 Å². The number of benzene rings is 2. The predicted octanol–water partition coefficient (Wildman–Crippen LogP) is 3.62. The molecule has 0 aromatic heterocycles. The summed E-state index contributed by atoms with van der Waals surface area (Å²) < 4.78 is 0. The number of aryl methyl sites for hydroxylation is 2. The Bertz CT molecular complexity index is 602. The molecule has 0 saturated carbocycles. The van der Waals surface area contributed by atoms with E-state index in [0.29, 0.717) is 11.3 Å². The molecule has 0 atom stereocenters. The molecule has 0 aliphatic rings. The van der Waals surface area contributed by atoms with E-state index in [9.17, 15) is 4.79 Å². The predicted molar refractivity (Wildman–Crippen MR) is 79.5 cm³/mol. The van der Waals surface area contributed by atoms with Crippen molar-refractivity contribution >= 4 is 11.5 Å². The van der Waals surface area contributed by atoms with E-state index in [0.717, 1.165) is 24.0 Å². The molecule has 0 amide bonds. The highest BCUT2D eigenvalue weighted by Gasteiger charge is 2.13. The van der Waals surface area contributed by atoms with Crippen molar-refractivity contribution in [1.29, 1.82) is 0 Å². The molecule has 0 radical (unpaired) electrons. The highest BCUT2D eigenvalue weighted by atomic mass is 16.1. The molecule has 98 valence electrons. The lowest BCUT2D eigenvalue weighted by Crippen LogP contribution is -2.06. The normalized spacial score (nSPS) is 10.4. The number of anilines is 1. The van der Waals surface area contributed by atoms with Crippen LogP contribution in [0.5, 0.6) is 0 Å². The number of nitrogens with two attached hydrogens (primary N) is 1. The third-order valence-corrected chi connectivity index (χ3v) is 3.36. The molecule has 0 saturated heterocycles. The van der Waals surface area contributed by atoms with E-state index in [-0.39, 0.29) is 5.78 Å². The molecule has 0 unspecified atom stereocenters. The molecule has 0 fully saturated rings. The molecule has 2 aromatic carbocycles. The van der Waals surface area contributed by atoms with E-state index in [1.165, 1.54) is 5.56 Å². The monoisotopic (exact) mass is 253 g/mol. The van der Waals surface area contributed by atoms with Crippen LogP contribution in [0.2, 0.25) is 0 Å². The van der Waals surface area contributed by atoms with Crippen LogP contribution in [-0.4, -0.2) is 5.78 Å². The van der Waals surface area contributed by atoms with Crippen molar-refractivity contribution in [1.82, 2.24) is 0 Å². The Balaban J connectivity index is 2.48. The van der Waals surface area contributed by atoms with Crippen LogP contribution in [0.3, 0.4) is 0 Å². The number of hydrogen-bond donors (Lipinski definition) is 1. The molecule has 0 bridgehead atoms. The van der Waals surface area contributed by atoms with E-state index in [1.54, 1.807) is 12.1 Å². The molecular weight excluding hydrogens is 234 g/mol. The Morgan fingerprint density at radius 2 is 1.84 bits per heavy atom. The largest absolute Gasteiger partial charge is 0.399 e. The number of rotatable bonds is 4. The Morgan fingerprint density at radius 3 is 2.47 bits per heavy atom. The lowest BCUT2D eigenvalue weighted by molar-refractivity contribution is 0.103. The van der Waals surface area contributed by atoms with Gasteiger partial charge in [-0.1, -0.05) is 38.1 Å². The highest BCUT2D eigenvalue weighted by Crippen LogP contribution is 2.19. The van der Waals surface area contributed by atoms with E-state index >= 15 is 0 Å². The maximum Gasteiger partial charge on any atom is 0.193 e. The van der Waals surface area contributed by atoms with Crippen molar-refractivity contribution in [2.45, 2.75) is 26.7 Å². The van der Waals surface area contributed by atoms with Crippen LogP contribution < -0.4 is 5.73 Å². The molecule has 2 N–H and O–H groups in total. The van der Waals surface area contributed by atoms with Gasteiger partial charge in [-0.25, -0.2) is 0 Å². The molecule has 0 heterocycles. The molecule has 2 heteroatoms. The fraction of sp³-hybridized carbons (Fsp3) is 0.235. The molecule has 19 heavy (non-hydrogen) atoms. The second-order valence-corrected chi connectivity index (χ2v) is 4.65. The second-order valence-electron chi connectivity index (χ2n) is 4.65. The maximum atomic E-state index is 12.6. The van der Waals surface area contributed by atoms with Crippen LogP contribution in [0.25, 0.3) is 0 Å². The molecule has 0 aliphatic heterocycles. The van der Waals surface area contributed by atoms with Gasteiger partial charge in [0.2, 0.25) is 0 Å². The van der Waals surface area contributed by atoms with Crippen molar-refractivity contribution in [3.05, 3.63) is 64.7 Å². The van der Waals surface area contributed by atoms with E-state index < -0.39 is 0 Å². The van der Waals surface area contributed by atoms with E-state index in [1.807, 2.05) is 18.2 Å². The average molecular weight is 253 g/mol. The third kappa shape index (κ3) is 2.84. The first-order valence-corrected chi connectivity index (χ1v) is 6.67. The molecular formula is C17H19NO. The van der Waals surface area contributed by atoms with Crippen molar-refractivity contribution < 1.29 is 4.79 Å². The first-order chi connectivity index (χ1) is 9.15. The zero-order valence-corrected chi connectivity index (χ0v) is 11.4. The van der Waals surface area contributed by atoms with Crippen LogP contribution in [0.15, 0.2) is 42.5 Å². The lowest BCUT2D eigenvalue weighted by atomic mass is 9.94. The summed E-state index contributed by atoms with van der Waals surface area (Å²) in [5.74, 6) is 0.0550. The average Bonchev–Trinajstić information content (AvgIpc) is 2.45. The number of carbonyl (C=O) groups excluding carboxylic acids is 1. The molecule has 2 rings (SSSR count). The summed E-state index contributed by atoms with van der Waals surface area (Å²) in [6.45, 7) is 4.16. The Morgan fingerprint density at radius 1 is 1.05 bits per heavy atom. The minimum Gasteiger partial charge on any atom is -0.399 e. The van der Waals surface area contributed by atoms with Gasteiger partial charge in [-0.3, -0.25) is 4.79 Å². The van der Waals surface area contributed by atoms with Gasteiger partial charge < -0.3 is 5.73 Å². The topological polar surface area (TPSA) is 43.1 Å². The standard InChI is InChI=1S/C17H19NO/c1-3-12-8-9-13(4-2)16(10-12)17(19)14-6-5-7-15(18)11-14/h5-11H,3-4,18H2,1-2H3. The highest BCUT2D eigenvalue weighted by molar-refractivity contribution is 6.10. The zero-order valence-electron chi connectivity index (χ0n) is 11.4. The minimum atomic E-state index is 0.0550. The molecule has 0 aliphatic carbocycles. The SMILES string of the molecule is CCc1ccc(CC)c(C(=O)c2cccc(N)c2)c1. The summed E-state index contributed by atoms with van der Waals surface area (Å²) in [6.07, 6.45) is 1.79. The second kappa shape index (κ2) is 5.70. The number of ketones is 1. The van der Waals surface area contributed by atoms with Crippen molar-refractivity contribution in [2.75, 3.05) is 5.73 Å². The smallest absolute Gasteiger partial charge is 0.193 e. The zero-order chi connectivity index (χ0) is 13.8. The van der Waals surface area contributed by atoms with E-state index in [4.69, 9.17) is 5.73 Å². The van der Waals surface area contributed by atoms with Gasteiger partial charge in [0.15, 0.2) is 5.78 Å². The molecule has 0 spiro atoms. The van der Waals surface area contributed by atoms with Crippen molar-refractivity contribution in [3.63, 3.8) is 0 Å². The van der Waals surface area contributed by atoms with Crippen molar-refractivity contribution in [2.24, 2.45) is 0 Å². The van der Waals surface area contributed by atoms with Gasteiger partial charge in [0.1, 0.15) is 0 Å². The van der Waals surface area contributed by atoms with Gasteiger partial charge in [-0.15, -0.1) is 0 Å². The van der Waals surface area contributed by atoms with Crippen LogP contribution in [0, 0.1) is 0 Å². The third-order valence-electron chi connectivity index (χ3n) is 3.36. The number of carbonyl (C=O) groups is 1. The van der Waals surface area contributed by atoms with Gasteiger partial charge >= 0.3 is 0 Å². The fourth-order valence-electron chi connectivity index (χ4n) is 2.20. The molecule has 2 aromatic rings. The first kappa shape index (κ1) is 13.3. The van der Waals surface area contributed by atoms with Crippen LogP contribution in [-0.2, 0) is 12.8 Å². The Kier molecular flexibility index (Phi) is 4.00. The minimum absolute atomic E-state index is 0.0550. The Hall–Kier alpha value is -2.09. The Labute approximate surface area is 114 Å². The van der Waals surface area contributed by atoms with Crippen LogP contribution in [0.1, 0.15) is 40.9 Å². The molecule has 2 nitrogen and oxygen atoms in total. The first-order valence-electron chi connectivity index (χ1n) is 6.67. The summed E-state index contributed by atoms with van der Waals surface area (Å²) in [7, 11) is 0. The van der Waals surface area contributed by atoms with Gasteiger partial charge in [0.05, 0.1) is 0 Å². The van der Waals surface area contributed by atoms with Crippen LogP contribution in [0.4, 0.5) is 5.69 Å². The summed E-state index contributed by atoms with van der Waals surface area (Å²) >= 11 is 0. The summed E-state index contributed by atoms with van der Waals surface area (Å²) in [5.41, 5.74) is 10.1. The quantitative estimate of drug-likeness (QED) is 0.668.